The van der Waals surface area contributed by atoms with Crippen LogP contribution in [0.5, 0.6) is 0 Å². The Morgan fingerprint density at radius 2 is 2.05 bits per heavy atom. The van der Waals surface area contributed by atoms with Crippen molar-refractivity contribution in [3.05, 3.63) is 34.1 Å². The van der Waals surface area contributed by atoms with Gasteiger partial charge in [0, 0.05) is 11.1 Å². The third-order valence-corrected chi connectivity index (χ3v) is 5.22. The zero-order valence-electron chi connectivity index (χ0n) is 11.5. The van der Waals surface area contributed by atoms with Crippen LogP contribution < -0.4 is 5.32 Å². The predicted molar refractivity (Wildman–Crippen MR) is 76.9 cm³/mol. The van der Waals surface area contributed by atoms with Crippen LogP contribution in [0, 0.1) is 30.5 Å². The van der Waals surface area contributed by atoms with Gasteiger partial charge in [-0.05, 0) is 61.3 Å². The van der Waals surface area contributed by atoms with Gasteiger partial charge in [-0.2, -0.15) is 0 Å². The Hall–Kier alpha value is -0.600. The first-order chi connectivity index (χ1) is 9.13. The summed E-state index contributed by atoms with van der Waals surface area (Å²) in [7, 11) is 0. The first-order valence-electron chi connectivity index (χ1n) is 7.32. The molecule has 2 aliphatic carbocycles. The normalized spacial score (nSPS) is 30.2. The standard InChI is InChI=1S/C16H21ClFN/c1-3-19-16(15-10-5-4-6-11(10)15)12-7-9(2)14(18)8-13(12)17/h7-8,10-11,15-16,19H,3-6H2,1-2H3. The SMILES string of the molecule is CCNC(c1cc(C)c(F)cc1Cl)C1C2CCCC21. The zero-order chi connectivity index (χ0) is 13.6. The van der Waals surface area contributed by atoms with E-state index >= 15 is 0 Å². The highest BCUT2D eigenvalue weighted by molar-refractivity contribution is 6.31. The minimum Gasteiger partial charge on any atom is -0.310 e. The van der Waals surface area contributed by atoms with Crippen LogP contribution in [-0.2, 0) is 0 Å². The molecule has 3 rings (SSSR count). The number of halogens is 2. The fraction of sp³-hybridized carbons (Fsp3) is 0.625. The molecule has 1 aromatic carbocycles. The number of aryl methyl sites for hydroxylation is 1. The van der Waals surface area contributed by atoms with Crippen molar-refractivity contribution in [2.24, 2.45) is 17.8 Å². The van der Waals surface area contributed by atoms with Crippen molar-refractivity contribution < 1.29 is 4.39 Å². The summed E-state index contributed by atoms with van der Waals surface area (Å²) in [6, 6.07) is 3.69. The Morgan fingerprint density at radius 3 is 2.68 bits per heavy atom. The molecule has 3 unspecified atom stereocenters. The van der Waals surface area contributed by atoms with E-state index in [0.29, 0.717) is 22.5 Å². The molecule has 1 nitrogen and oxygen atoms in total. The van der Waals surface area contributed by atoms with E-state index in [2.05, 4.69) is 12.2 Å². The van der Waals surface area contributed by atoms with Crippen LogP contribution in [0.4, 0.5) is 4.39 Å². The van der Waals surface area contributed by atoms with E-state index < -0.39 is 0 Å². The van der Waals surface area contributed by atoms with E-state index in [9.17, 15) is 4.39 Å². The topological polar surface area (TPSA) is 12.0 Å². The molecule has 0 bridgehead atoms. The molecule has 2 saturated carbocycles. The molecule has 1 aromatic rings. The minimum atomic E-state index is -0.208. The van der Waals surface area contributed by atoms with E-state index in [1.54, 1.807) is 0 Å². The summed E-state index contributed by atoms with van der Waals surface area (Å²) in [5.41, 5.74) is 1.77. The Kier molecular flexibility index (Phi) is 3.57. The van der Waals surface area contributed by atoms with Gasteiger partial charge in [-0.1, -0.05) is 31.0 Å². The maximum absolute atomic E-state index is 13.6. The van der Waals surface area contributed by atoms with Crippen LogP contribution in [0.1, 0.15) is 43.4 Å². The third kappa shape index (κ3) is 2.30. The molecule has 0 heterocycles. The Bertz CT molecular complexity index is 478. The van der Waals surface area contributed by atoms with Crippen molar-refractivity contribution in [1.29, 1.82) is 0 Å². The van der Waals surface area contributed by atoms with E-state index in [1.807, 2.05) is 13.0 Å². The number of hydrogen-bond donors (Lipinski definition) is 1. The molecule has 0 spiro atoms. The molecule has 1 N–H and O–H groups in total. The second-order valence-corrected chi connectivity index (χ2v) is 6.40. The number of rotatable bonds is 4. The highest BCUT2D eigenvalue weighted by Gasteiger charge is 2.56. The smallest absolute Gasteiger partial charge is 0.127 e. The first kappa shape index (κ1) is 13.4. The lowest BCUT2D eigenvalue weighted by atomic mass is 9.95. The molecular formula is C16H21ClFN. The molecule has 2 aliphatic rings. The fourth-order valence-corrected chi connectivity index (χ4v) is 4.23. The quantitative estimate of drug-likeness (QED) is 0.858. The lowest BCUT2D eigenvalue weighted by Gasteiger charge is -2.22. The van der Waals surface area contributed by atoms with Crippen LogP contribution in [0.2, 0.25) is 5.02 Å². The Morgan fingerprint density at radius 1 is 1.37 bits per heavy atom. The van der Waals surface area contributed by atoms with E-state index in [0.717, 1.165) is 23.9 Å². The van der Waals surface area contributed by atoms with Crippen LogP contribution >= 0.6 is 11.6 Å². The highest BCUT2D eigenvalue weighted by atomic mass is 35.5. The summed E-state index contributed by atoms with van der Waals surface area (Å²) in [5.74, 6) is 2.23. The summed E-state index contributed by atoms with van der Waals surface area (Å²) < 4.78 is 13.6. The average Bonchev–Trinajstić information content (AvgIpc) is 2.82. The molecule has 0 amide bonds. The van der Waals surface area contributed by atoms with Crippen molar-refractivity contribution in [2.75, 3.05) is 6.54 Å². The van der Waals surface area contributed by atoms with Crippen molar-refractivity contribution in [1.82, 2.24) is 5.32 Å². The Balaban J connectivity index is 1.90. The summed E-state index contributed by atoms with van der Waals surface area (Å²) in [6.07, 6.45) is 4.09. The molecule has 0 aromatic heterocycles. The second kappa shape index (κ2) is 5.06. The zero-order valence-corrected chi connectivity index (χ0v) is 12.3. The monoisotopic (exact) mass is 281 g/mol. The number of hydrogen-bond acceptors (Lipinski definition) is 1. The molecule has 0 radical (unpaired) electrons. The molecule has 104 valence electrons. The van der Waals surface area contributed by atoms with Crippen LogP contribution in [-0.4, -0.2) is 6.54 Å². The van der Waals surface area contributed by atoms with Crippen molar-refractivity contribution >= 4 is 11.6 Å². The molecule has 19 heavy (non-hydrogen) atoms. The van der Waals surface area contributed by atoms with E-state index in [4.69, 9.17) is 11.6 Å². The van der Waals surface area contributed by atoms with Gasteiger partial charge in [0.15, 0.2) is 0 Å². The minimum absolute atomic E-state index is 0.208. The van der Waals surface area contributed by atoms with Gasteiger partial charge in [0.25, 0.3) is 0 Å². The van der Waals surface area contributed by atoms with Crippen molar-refractivity contribution in [3.8, 4) is 0 Å². The van der Waals surface area contributed by atoms with Crippen LogP contribution in [0.15, 0.2) is 12.1 Å². The number of fused-ring (bicyclic) bond motifs is 1. The van der Waals surface area contributed by atoms with Gasteiger partial charge in [0.05, 0.1) is 0 Å². The first-order valence-corrected chi connectivity index (χ1v) is 7.70. The fourth-order valence-electron chi connectivity index (χ4n) is 3.96. The van der Waals surface area contributed by atoms with Gasteiger partial charge in [-0.25, -0.2) is 4.39 Å². The van der Waals surface area contributed by atoms with Gasteiger partial charge in [0.1, 0.15) is 5.82 Å². The summed E-state index contributed by atoms with van der Waals surface area (Å²) >= 11 is 6.28. The van der Waals surface area contributed by atoms with Crippen molar-refractivity contribution in [3.63, 3.8) is 0 Å². The second-order valence-electron chi connectivity index (χ2n) is 5.99. The van der Waals surface area contributed by atoms with E-state index in [-0.39, 0.29) is 5.82 Å². The highest BCUT2D eigenvalue weighted by Crippen LogP contribution is 2.62. The predicted octanol–water partition coefficient (Wildman–Crippen LogP) is 4.48. The maximum Gasteiger partial charge on any atom is 0.127 e. The maximum atomic E-state index is 13.6. The Labute approximate surface area is 119 Å². The molecule has 2 fully saturated rings. The van der Waals surface area contributed by atoms with Gasteiger partial charge >= 0.3 is 0 Å². The largest absolute Gasteiger partial charge is 0.310 e. The number of nitrogens with one attached hydrogen (secondary N) is 1. The summed E-state index contributed by atoms with van der Waals surface area (Å²) in [6.45, 7) is 4.86. The lowest BCUT2D eigenvalue weighted by molar-refractivity contribution is 0.425. The van der Waals surface area contributed by atoms with Gasteiger partial charge < -0.3 is 5.32 Å². The summed E-state index contributed by atoms with van der Waals surface area (Å²) in [5, 5.41) is 4.14. The summed E-state index contributed by atoms with van der Waals surface area (Å²) in [4.78, 5) is 0. The molecule has 0 saturated heterocycles. The molecular weight excluding hydrogens is 261 g/mol. The van der Waals surface area contributed by atoms with Crippen LogP contribution in [0.3, 0.4) is 0 Å². The number of benzene rings is 1. The van der Waals surface area contributed by atoms with Crippen LogP contribution in [0.25, 0.3) is 0 Å². The van der Waals surface area contributed by atoms with Crippen molar-refractivity contribution in [2.45, 2.75) is 39.2 Å². The van der Waals surface area contributed by atoms with Gasteiger partial charge in [0.2, 0.25) is 0 Å². The molecule has 3 heteroatoms. The lowest BCUT2D eigenvalue weighted by Crippen LogP contribution is -2.25. The van der Waals surface area contributed by atoms with Gasteiger partial charge in [-0.3, -0.25) is 0 Å². The average molecular weight is 282 g/mol. The van der Waals surface area contributed by atoms with E-state index in [1.165, 1.54) is 25.3 Å². The molecule has 3 atom stereocenters. The molecule has 0 aliphatic heterocycles. The van der Waals surface area contributed by atoms with Gasteiger partial charge in [-0.15, -0.1) is 0 Å². The third-order valence-electron chi connectivity index (χ3n) is 4.89.